The fourth-order valence-electron chi connectivity index (χ4n) is 1.66. The molecule has 2 N–H and O–H groups in total. The van der Waals surface area contributed by atoms with Gasteiger partial charge >= 0.3 is 6.18 Å². The van der Waals surface area contributed by atoms with Gasteiger partial charge in [-0.15, -0.1) is 6.58 Å². The van der Waals surface area contributed by atoms with Crippen LogP contribution in [0.5, 0.6) is 0 Å². The molecule has 1 atom stereocenters. The number of hydrogen-bond acceptors (Lipinski definition) is 1. The Bertz CT molecular complexity index is 437. The fraction of sp³-hybridized carbons (Fsp3) is 0.385. The largest absolute Gasteiger partial charge is 0.416 e. The van der Waals surface area contributed by atoms with Crippen molar-refractivity contribution in [2.75, 3.05) is 0 Å². The van der Waals surface area contributed by atoms with Crippen LogP contribution in [0.25, 0.3) is 0 Å². The van der Waals surface area contributed by atoms with Crippen molar-refractivity contribution in [2.45, 2.75) is 32.0 Å². The second kappa shape index (κ2) is 5.52. The quantitative estimate of drug-likeness (QED) is 0.638. The molecule has 0 aliphatic heterocycles. The highest BCUT2D eigenvalue weighted by atomic mass is 19.4. The van der Waals surface area contributed by atoms with Crippen LogP contribution in [0.2, 0.25) is 0 Å². The lowest BCUT2D eigenvalue weighted by Crippen LogP contribution is -2.18. The number of alkyl halides is 3. The normalized spacial score (nSPS) is 13.4. The van der Waals surface area contributed by atoms with E-state index < -0.39 is 23.6 Å². The van der Waals surface area contributed by atoms with Gasteiger partial charge in [0.25, 0.3) is 0 Å². The Hall–Kier alpha value is -1.36. The van der Waals surface area contributed by atoms with Crippen LogP contribution in [0.4, 0.5) is 17.6 Å². The summed E-state index contributed by atoms with van der Waals surface area (Å²) in [4.78, 5) is 0. The van der Waals surface area contributed by atoms with Gasteiger partial charge in [-0.05, 0) is 43.5 Å². The maximum Gasteiger partial charge on any atom is 0.416 e. The average Bonchev–Trinajstić information content (AvgIpc) is 2.23. The molecule has 0 amide bonds. The molecular formula is C13H15F4N. The number of benzene rings is 1. The molecule has 100 valence electrons. The summed E-state index contributed by atoms with van der Waals surface area (Å²) in [6.45, 7) is 5.42. The Morgan fingerprint density at radius 3 is 2.50 bits per heavy atom. The molecule has 0 spiro atoms. The summed E-state index contributed by atoms with van der Waals surface area (Å²) in [5.41, 5.74) is 5.45. The first-order chi connectivity index (χ1) is 8.21. The zero-order chi connectivity index (χ0) is 13.9. The first-order valence-electron chi connectivity index (χ1n) is 5.48. The summed E-state index contributed by atoms with van der Waals surface area (Å²) >= 11 is 0. The molecule has 1 rings (SSSR count). The molecule has 0 saturated carbocycles. The van der Waals surface area contributed by atoms with Gasteiger partial charge in [0.15, 0.2) is 0 Å². The number of hydrogen-bond donors (Lipinski definition) is 1. The Balaban J connectivity index is 3.05. The van der Waals surface area contributed by atoms with E-state index in [0.29, 0.717) is 12.8 Å². The van der Waals surface area contributed by atoms with Crippen LogP contribution in [0.1, 0.15) is 36.9 Å². The molecular weight excluding hydrogens is 246 g/mol. The first kappa shape index (κ1) is 14.7. The molecule has 1 aromatic carbocycles. The third-order valence-electron chi connectivity index (χ3n) is 2.60. The number of rotatable bonds is 4. The molecule has 18 heavy (non-hydrogen) atoms. The van der Waals surface area contributed by atoms with Crippen molar-refractivity contribution >= 4 is 0 Å². The highest BCUT2D eigenvalue weighted by Gasteiger charge is 2.34. The summed E-state index contributed by atoms with van der Waals surface area (Å²) in [7, 11) is 0. The summed E-state index contributed by atoms with van der Waals surface area (Å²) < 4.78 is 51.3. The SMILES string of the molecule is C=C(C)CCC(N)c1cc(F)ccc1C(F)(F)F. The maximum absolute atomic E-state index is 13.1. The topological polar surface area (TPSA) is 26.0 Å². The molecule has 5 heteroatoms. The van der Waals surface area contributed by atoms with Crippen LogP contribution < -0.4 is 5.73 Å². The van der Waals surface area contributed by atoms with Gasteiger partial charge in [-0.3, -0.25) is 0 Å². The van der Waals surface area contributed by atoms with E-state index in [2.05, 4.69) is 6.58 Å². The maximum atomic E-state index is 13.1. The van der Waals surface area contributed by atoms with E-state index in [1.807, 2.05) is 0 Å². The minimum absolute atomic E-state index is 0.205. The molecule has 1 nitrogen and oxygen atoms in total. The van der Waals surface area contributed by atoms with Crippen LogP contribution in [0, 0.1) is 5.82 Å². The van der Waals surface area contributed by atoms with Gasteiger partial charge in [0.1, 0.15) is 5.82 Å². The third kappa shape index (κ3) is 3.84. The van der Waals surface area contributed by atoms with E-state index in [-0.39, 0.29) is 5.56 Å². The minimum Gasteiger partial charge on any atom is -0.324 e. The van der Waals surface area contributed by atoms with Crippen LogP contribution in [0.3, 0.4) is 0 Å². The predicted octanol–water partition coefficient (Wildman–Crippen LogP) is 4.20. The molecule has 0 radical (unpaired) electrons. The Labute approximate surface area is 103 Å². The van der Waals surface area contributed by atoms with Crippen LogP contribution in [-0.4, -0.2) is 0 Å². The Kier molecular flexibility index (Phi) is 4.51. The van der Waals surface area contributed by atoms with Crippen molar-refractivity contribution in [3.63, 3.8) is 0 Å². The van der Waals surface area contributed by atoms with Gasteiger partial charge in [0.05, 0.1) is 5.56 Å². The van der Waals surface area contributed by atoms with Crippen molar-refractivity contribution in [1.82, 2.24) is 0 Å². The lowest BCUT2D eigenvalue weighted by atomic mass is 9.96. The number of nitrogens with two attached hydrogens (primary N) is 1. The van der Waals surface area contributed by atoms with E-state index in [1.165, 1.54) is 0 Å². The van der Waals surface area contributed by atoms with E-state index >= 15 is 0 Å². The van der Waals surface area contributed by atoms with Gasteiger partial charge in [-0.1, -0.05) is 5.57 Å². The van der Waals surface area contributed by atoms with Crippen LogP contribution >= 0.6 is 0 Å². The molecule has 0 bridgehead atoms. The summed E-state index contributed by atoms with van der Waals surface area (Å²) in [5, 5.41) is 0. The number of allylic oxidation sites excluding steroid dienone is 1. The standard InChI is InChI=1S/C13H15F4N/c1-8(2)3-6-12(18)10-7-9(14)4-5-11(10)13(15,16)17/h4-5,7,12H,1,3,6,18H2,2H3. The monoisotopic (exact) mass is 261 g/mol. The zero-order valence-electron chi connectivity index (χ0n) is 10.0. The van der Waals surface area contributed by atoms with Gasteiger partial charge < -0.3 is 5.73 Å². The summed E-state index contributed by atoms with van der Waals surface area (Å²) in [6.07, 6.45) is -3.71. The molecule has 0 aromatic heterocycles. The van der Waals surface area contributed by atoms with Crippen molar-refractivity contribution < 1.29 is 17.6 Å². The lowest BCUT2D eigenvalue weighted by Gasteiger charge is -2.18. The van der Waals surface area contributed by atoms with Crippen molar-refractivity contribution in [2.24, 2.45) is 5.73 Å². The highest BCUT2D eigenvalue weighted by Crippen LogP contribution is 2.35. The van der Waals surface area contributed by atoms with Gasteiger partial charge in [-0.2, -0.15) is 13.2 Å². The Morgan fingerprint density at radius 2 is 2.00 bits per heavy atom. The molecule has 1 unspecified atom stereocenters. The minimum atomic E-state index is -4.52. The second-order valence-electron chi connectivity index (χ2n) is 4.33. The Morgan fingerprint density at radius 1 is 1.39 bits per heavy atom. The van der Waals surface area contributed by atoms with E-state index in [4.69, 9.17) is 5.73 Å². The second-order valence-corrected chi connectivity index (χ2v) is 4.33. The molecule has 0 aliphatic rings. The number of halogens is 4. The zero-order valence-corrected chi connectivity index (χ0v) is 10.0. The molecule has 0 aliphatic carbocycles. The van der Waals surface area contributed by atoms with Gasteiger partial charge in [0, 0.05) is 6.04 Å². The highest BCUT2D eigenvalue weighted by molar-refractivity contribution is 5.33. The van der Waals surface area contributed by atoms with Gasteiger partial charge in [0.2, 0.25) is 0 Å². The smallest absolute Gasteiger partial charge is 0.324 e. The fourth-order valence-corrected chi connectivity index (χ4v) is 1.66. The molecule has 0 heterocycles. The van der Waals surface area contributed by atoms with Gasteiger partial charge in [-0.25, -0.2) is 4.39 Å². The predicted molar refractivity (Wildman–Crippen MR) is 62.4 cm³/mol. The molecule has 0 fully saturated rings. The van der Waals surface area contributed by atoms with Crippen molar-refractivity contribution in [1.29, 1.82) is 0 Å². The molecule has 0 saturated heterocycles. The van der Waals surface area contributed by atoms with E-state index in [0.717, 1.165) is 23.8 Å². The van der Waals surface area contributed by atoms with E-state index in [9.17, 15) is 17.6 Å². The van der Waals surface area contributed by atoms with Crippen LogP contribution in [0.15, 0.2) is 30.4 Å². The first-order valence-corrected chi connectivity index (χ1v) is 5.48. The summed E-state index contributed by atoms with van der Waals surface area (Å²) in [6, 6.07) is 1.52. The van der Waals surface area contributed by atoms with Crippen molar-refractivity contribution in [3.8, 4) is 0 Å². The average molecular weight is 261 g/mol. The van der Waals surface area contributed by atoms with Crippen LogP contribution in [-0.2, 0) is 6.18 Å². The summed E-state index contributed by atoms with van der Waals surface area (Å²) in [5.74, 6) is -0.719. The molecule has 1 aromatic rings. The lowest BCUT2D eigenvalue weighted by molar-refractivity contribution is -0.138. The third-order valence-corrected chi connectivity index (χ3v) is 2.60. The van der Waals surface area contributed by atoms with Crippen molar-refractivity contribution in [3.05, 3.63) is 47.3 Å². The van der Waals surface area contributed by atoms with E-state index in [1.54, 1.807) is 6.92 Å².